The predicted octanol–water partition coefficient (Wildman–Crippen LogP) is 5.02. The molecule has 2 aromatic heterocycles. The minimum atomic E-state index is 0.154. The fourth-order valence-corrected chi connectivity index (χ4v) is 2.84. The van der Waals surface area contributed by atoms with Gasteiger partial charge >= 0.3 is 0 Å². The third kappa shape index (κ3) is 2.35. The van der Waals surface area contributed by atoms with Crippen molar-refractivity contribution < 1.29 is 4.79 Å². The maximum absolute atomic E-state index is 11.3. The van der Waals surface area contributed by atoms with Gasteiger partial charge in [0.15, 0.2) is 6.29 Å². The van der Waals surface area contributed by atoms with Gasteiger partial charge in [-0.1, -0.05) is 45.0 Å². The molecule has 0 aliphatic carbocycles. The molecule has 0 aliphatic rings. The topological polar surface area (TPSA) is 21.5 Å². The van der Waals surface area contributed by atoms with E-state index in [1.807, 2.05) is 25.3 Å². The Hall–Kier alpha value is -2.35. The van der Waals surface area contributed by atoms with E-state index in [4.69, 9.17) is 0 Å². The standard InChI is InChI=1S/C20H21NO/c1-14-11-12-21-18(9-10-19(21)17(14)13-22)15-5-7-16(8-6-15)20(2,3)4/h5-13H,1-4H3. The van der Waals surface area contributed by atoms with Crippen LogP contribution in [-0.2, 0) is 5.41 Å². The van der Waals surface area contributed by atoms with Crippen LogP contribution in [0.15, 0.2) is 48.7 Å². The first-order valence-electron chi connectivity index (χ1n) is 7.58. The molecule has 0 bridgehead atoms. The Morgan fingerprint density at radius 1 is 0.955 bits per heavy atom. The van der Waals surface area contributed by atoms with Crippen molar-refractivity contribution in [1.29, 1.82) is 0 Å². The van der Waals surface area contributed by atoms with Gasteiger partial charge < -0.3 is 4.40 Å². The molecule has 22 heavy (non-hydrogen) atoms. The number of carbonyl (C=O) groups excluding carboxylic acids is 1. The van der Waals surface area contributed by atoms with Crippen LogP contribution >= 0.6 is 0 Å². The molecule has 1 aromatic carbocycles. The first-order valence-corrected chi connectivity index (χ1v) is 7.58. The highest BCUT2D eigenvalue weighted by molar-refractivity contribution is 5.89. The fraction of sp³-hybridized carbons (Fsp3) is 0.250. The summed E-state index contributed by atoms with van der Waals surface area (Å²) in [5, 5.41) is 0. The summed E-state index contributed by atoms with van der Waals surface area (Å²) in [6.07, 6.45) is 2.97. The number of pyridine rings is 1. The van der Waals surface area contributed by atoms with Gasteiger partial charge in [-0.15, -0.1) is 0 Å². The van der Waals surface area contributed by atoms with E-state index in [-0.39, 0.29) is 5.41 Å². The second kappa shape index (κ2) is 5.13. The minimum absolute atomic E-state index is 0.154. The summed E-state index contributed by atoms with van der Waals surface area (Å²) in [7, 11) is 0. The van der Waals surface area contributed by atoms with E-state index < -0.39 is 0 Å². The molecular formula is C20H21NO. The van der Waals surface area contributed by atoms with Gasteiger partial charge in [0, 0.05) is 11.8 Å². The monoisotopic (exact) mass is 291 g/mol. The Balaban J connectivity index is 2.13. The molecule has 2 heteroatoms. The highest BCUT2D eigenvalue weighted by Gasteiger charge is 2.14. The van der Waals surface area contributed by atoms with Crippen LogP contribution in [0.3, 0.4) is 0 Å². The summed E-state index contributed by atoms with van der Waals surface area (Å²) < 4.78 is 2.09. The second-order valence-electron chi connectivity index (χ2n) is 6.83. The van der Waals surface area contributed by atoms with Gasteiger partial charge in [-0.2, -0.15) is 0 Å². The molecule has 0 unspecified atom stereocenters. The molecule has 0 saturated carbocycles. The first kappa shape index (κ1) is 14.6. The maximum Gasteiger partial charge on any atom is 0.152 e. The van der Waals surface area contributed by atoms with Crippen molar-refractivity contribution in [3.8, 4) is 11.3 Å². The summed E-state index contributed by atoms with van der Waals surface area (Å²) in [6, 6.07) is 14.8. The third-order valence-electron chi connectivity index (χ3n) is 4.26. The van der Waals surface area contributed by atoms with Gasteiger partial charge in [0.1, 0.15) is 0 Å². The van der Waals surface area contributed by atoms with Gasteiger partial charge in [-0.3, -0.25) is 4.79 Å². The maximum atomic E-state index is 11.3. The predicted molar refractivity (Wildman–Crippen MR) is 91.7 cm³/mol. The average molecular weight is 291 g/mol. The third-order valence-corrected chi connectivity index (χ3v) is 4.26. The summed E-state index contributed by atoms with van der Waals surface area (Å²) in [5.74, 6) is 0. The molecular weight excluding hydrogens is 270 g/mol. The normalized spacial score (nSPS) is 11.8. The van der Waals surface area contributed by atoms with Crippen molar-refractivity contribution in [2.75, 3.05) is 0 Å². The quantitative estimate of drug-likeness (QED) is 0.607. The number of rotatable bonds is 2. The second-order valence-corrected chi connectivity index (χ2v) is 6.83. The number of aldehydes is 1. The molecule has 0 fully saturated rings. The molecule has 2 nitrogen and oxygen atoms in total. The number of hydrogen-bond acceptors (Lipinski definition) is 1. The zero-order valence-corrected chi connectivity index (χ0v) is 13.6. The SMILES string of the molecule is Cc1ccn2c(-c3ccc(C(C)(C)C)cc3)ccc2c1C=O. The molecule has 3 aromatic rings. The molecule has 0 saturated heterocycles. The molecule has 0 radical (unpaired) electrons. The van der Waals surface area contributed by atoms with Crippen LogP contribution in [0, 0.1) is 6.92 Å². The van der Waals surface area contributed by atoms with Crippen LogP contribution in [0.5, 0.6) is 0 Å². The molecule has 2 heterocycles. The number of aromatic nitrogens is 1. The van der Waals surface area contributed by atoms with Gasteiger partial charge in [-0.25, -0.2) is 0 Å². The molecule has 112 valence electrons. The van der Waals surface area contributed by atoms with Crippen LogP contribution in [-0.4, -0.2) is 10.7 Å². The van der Waals surface area contributed by atoms with Crippen LogP contribution in [0.25, 0.3) is 16.8 Å². The van der Waals surface area contributed by atoms with E-state index in [2.05, 4.69) is 55.5 Å². The Kier molecular flexibility index (Phi) is 3.40. The number of hydrogen-bond donors (Lipinski definition) is 0. The number of fused-ring (bicyclic) bond motifs is 1. The molecule has 3 rings (SSSR count). The number of benzene rings is 1. The van der Waals surface area contributed by atoms with Crippen LogP contribution < -0.4 is 0 Å². The van der Waals surface area contributed by atoms with E-state index in [0.717, 1.165) is 34.2 Å². The zero-order valence-electron chi connectivity index (χ0n) is 13.6. The van der Waals surface area contributed by atoms with Crippen molar-refractivity contribution in [3.63, 3.8) is 0 Å². The molecule has 0 atom stereocenters. The first-order chi connectivity index (χ1) is 10.4. The van der Waals surface area contributed by atoms with Crippen LogP contribution in [0.1, 0.15) is 42.3 Å². The van der Waals surface area contributed by atoms with Gasteiger partial charge in [0.2, 0.25) is 0 Å². The van der Waals surface area contributed by atoms with E-state index in [1.54, 1.807) is 0 Å². The van der Waals surface area contributed by atoms with Crippen molar-refractivity contribution >= 4 is 11.8 Å². The molecule has 0 spiro atoms. The van der Waals surface area contributed by atoms with E-state index in [0.29, 0.717) is 0 Å². The zero-order chi connectivity index (χ0) is 15.9. The molecule has 0 N–H and O–H groups in total. The lowest BCUT2D eigenvalue weighted by Crippen LogP contribution is -2.10. The highest BCUT2D eigenvalue weighted by atomic mass is 16.1. The Bertz CT molecular complexity index is 833. The van der Waals surface area contributed by atoms with Crippen LogP contribution in [0.4, 0.5) is 0 Å². The largest absolute Gasteiger partial charge is 0.316 e. The smallest absolute Gasteiger partial charge is 0.152 e. The lowest BCUT2D eigenvalue weighted by atomic mass is 9.86. The van der Waals surface area contributed by atoms with Gasteiger partial charge in [0.05, 0.1) is 11.2 Å². The average Bonchev–Trinajstić information content (AvgIpc) is 2.90. The highest BCUT2D eigenvalue weighted by Crippen LogP contribution is 2.28. The summed E-state index contributed by atoms with van der Waals surface area (Å²) in [6.45, 7) is 8.62. The van der Waals surface area contributed by atoms with Crippen molar-refractivity contribution in [2.45, 2.75) is 33.1 Å². The lowest BCUT2D eigenvalue weighted by molar-refractivity contribution is 0.112. The minimum Gasteiger partial charge on any atom is -0.316 e. The van der Waals surface area contributed by atoms with Gasteiger partial charge in [0.25, 0.3) is 0 Å². The van der Waals surface area contributed by atoms with Gasteiger partial charge in [-0.05, 0) is 47.2 Å². The Labute approximate surface area is 131 Å². The molecule has 0 amide bonds. The van der Waals surface area contributed by atoms with Crippen molar-refractivity contribution in [3.05, 3.63) is 65.4 Å². The summed E-state index contributed by atoms with van der Waals surface area (Å²) in [4.78, 5) is 11.3. The number of aryl methyl sites for hydroxylation is 1. The van der Waals surface area contributed by atoms with Crippen LogP contribution in [0.2, 0.25) is 0 Å². The summed E-state index contributed by atoms with van der Waals surface area (Å²) >= 11 is 0. The Morgan fingerprint density at radius 2 is 1.64 bits per heavy atom. The molecule has 0 aliphatic heterocycles. The summed E-state index contributed by atoms with van der Waals surface area (Å²) in [5.41, 5.74) is 6.48. The Morgan fingerprint density at radius 3 is 2.23 bits per heavy atom. The van der Waals surface area contributed by atoms with E-state index in [1.165, 1.54) is 5.56 Å². The van der Waals surface area contributed by atoms with Crippen molar-refractivity contribution in [1.82, 2.24) is 4.40 Å². The van der Waals surface area contributed by atoms with Crippen molar-refractivity contribution in [2.24, 2.45) is 0 Å². The number of carbonyl (C=O) groups is 1. The lowest BCUT2D eigenvalue weighted by Gasteiger charge is -2.19. The number of nitrogens with zero attached hydrogens (tertiary/aromatic N) is 1. The fourth-order valence-electron chi connectivity index (χ4n) is 2.84. The van der Waals surface area contributed by atoms with E-state index in [9.17, 15) is 4.79 Å². The van der Waals surface area contributed by atoms with E-state index >= 15 is 0 Å².